The maximum Gasteiger partial charge on any atom is 0.262 e. The molecule has 0 aromatic heterocycles. The van der Waals surface area contributed by atoms with E-state index in [0.29, 0.717) is 17.3 Å². The van der Waals surface area contributed by atoms with Gasteiger partial charge in [-0.2, -0.15) is 0 Å². The minimum absolute atomic E-state index is 0.114. The van der Waals surface area contributed by atoms with Gasteiger partial charge in [-0.1, -0.05) is 35.9 Å². The van der Waals surface area contributed by atoms with E-state index in [1.54, 1.807) is 13.2 Å². The van der Waals surface area contributed by atoms with Crippen molar-refractivity contribution in [3.63, 3.8) is 0 Å². The lowest BCUT2D eigenvalue weighted by Gasteiger charge is -2.12. The number of methoxy groups -OCH3 is 1. The lowest BCUT2D eigenvalue weighted by molar-refractivity contribution is -0.118. The minimum atomic E-state index is -0.236. The number of hydrogen-bond donors (Lipinski definition) is 2. The highest BCUT2D eigenvalue weighted by atomic mass is 35.5. The van der Waals surface area contributed by atoms with Gasteiger partial charge in [0.2, 0.25) is 0 Å². The summed E-state index contributed by atoms with van der Waals surface area (Å²) in [4.78, 5) is 12.1. The standard InChI is InChI=1S/C23H23ClN2O3/c1-16-5-3-4-6-21(16)26-23(27)15-29-22-12-7-17(13-20(22)24)14-25-18-8-10-19(28-2)11-9-18/h3-13,25H,14-15H2,1-2H3,(H,26,27). The zero-order valence-electron chi connectivity index (χ0n) is 16.4. The Morgan fingerprint density at radius 3 is 2.48 bits per heavy atom. The van der Waals surface area contributed by atoms with Crippen LogP contribution in [0, 0.1) is 6.92 Å². The second kappa shape index (κ2) is 9.85. The maximum absolute atomic E-state index is 12.1. The van der Waals surface area contributed by atoms with Crippen molar-refractivity contribution in [2.24, 2.45) is 0 Å². The van der Waals surface area contributed by atoms with Crippen LogP contribution in [0.2, 0.25) is 5.02 Å². The quantitative estimate of drug-likeness (QED) is 0.530. The Morgan fingerprint density at radius 1 is 1.03 bits per heavy atom. The van der Waals surface area contributed by atoms with Gasteiger partial charge in [0.1, 0.15) is 11.5 Å². The second-order valence-corrected chi connectivity index (χ2v) is 6.91. The summed E-state index contributed by atoms with van der Waals surface area (Å²) in [5.41, 5.74) is 3.75. The molecule has 0 bridgehead atoms. The van der Waals surface area contributed by atoms with Crippen LogP contribution in [0.3, 0.4) is 0 Å². The van der Waals surface area contributed by atoms with E-state index in [9.17, 15) is 4.79 Å². The number of para-hydroxylation sites is 1. The molecule has 0 unspecified atom stereocenters. The van der Waals surface area contributed by atoms with Crippen molar-refractivity contribution < 1.29 is 14.3 Å². The highest BCUT2D eigenvalue weighted by Gasteiger charge is 2.08. The molecule has 29 heavy (non-hydrogen) atoms. The highest BCUT2D eigenvalue weighted by molar-refractivity contribution is 6.32. The smallest absolute Gasteiger partial charge is 0.262 e. The van der Waals surface area contributed by atoms with Gasteiger partial charge >= 0.3 is 0 Å². The molecule has 3 rings (SSSR count). The Kier molecular flexibility index (Phi) is 6.98. The number of halogens is 1. The molecule has 1 amide bonds. The van der Waals surface area contributed by atoms with Crippen molar-refractivity contribution in [2.45, 2.75) is 13.5 Å². The predicted octanol–water partition coefficient (Wildman–Crippen LogP) is 5.29. The molecule has 0 aliphatic heterocycles. The van der Waals surface area contributed by atoms with Gasteiger partial charge in [-0.25, -0.2) is 0 Å². The van der Waals surface area contributed by atoms with Crippen molar-refractivity contribution in [2.75, 3.05) is 24.4 Å². The summed E-state index contributed by atoms with van der Waals surface area (Å²) in [6.07, 6.45) is 0. The lowest BCUT2D eigenvalue weighted by Crippen LogP contribution is -2.20. The Labute approximate surface area is 175 Å². The van der Waals surface area contributed by atoms with Crippen LogP contribution < -0.4 is 20.1 Å². The summed E-state index contributed by atoms with van der Waals surface area (Å²) >= 11 is 6.32. The topological polar surface area (TPSA) is 59.6 Å². The van der Waals surface area contributed by atoms with Crippen molar-refractivity contribution >= 4 is 28.9 Å². The minimum Gasteiger partial charge on any atom is -0.497 e. The molecular weight excluding hydrogens is 388 g/mol. The number of carbonyl (C=O) groups is 1. The molecule has 0 aliphatic rings. The van der Waals surface area contributed by atoms with Gasteiger partial charge in [0.05, 0.1) is 12.1 Å². The second-order valence-electron chi connectivity index (χ2n) is 6.50. The first-order chi connectivity index (χ1) is 14.0. The Morgan fingerprint density at radius 2 is 1.79 bits per heavy atom. The zero-order chi connectivity index (χ0) is 20.6. The van der Waals surface area contributed by atoms with E-state index >= 15 is 0 Å². The summed E-state index contributed by atoms with van der Waals surface area (Å²) in [7, 11) is 1.64. The summed E-state index contributed by atoms with van der Waals surface area (Å²) in [5, 5.41) is 6.62. The number of ether oxygens (including phenoxy) is 2. The first-order valence-electron chi connectivity index (χ1n) is 9.20. The molecule has 0 fully saturated rings. The van der Waals surface area contributed by atoms with Gasteiger partial charge in [-0.15, -0.1) is 0 Å². The molecule has 2 N–H and O–H groups in total. The fraction of sp³-hybridized carbons (Fsp3) is 0.174. The number of anilines is 2. The molecule has 0 heterocycles. The molecule has 0 saturated carbocycles. The van der Waals surface area contributed by atoms with Crippen LogP contribution >= 0.6 is 11.6 Å². The predicted molar refractivity (Wildman–Crippen MR) is 117 cm³/mol. The molecule has 0 aliphatic carbocycles. The fourth-order valence-electron chi connectivity index (χ4n) is 2.73. The van der Waals surface area contributed by atoms with Crippen LogP contribution in [0.15, 0.2) is 66.7 Å². The van der Waals surface area contributed by atoms with Crippen LogP contribution in [0.5, 0.6) is 11.5 Å². The van der Waals surface area contributed by atoms with Gasteiger partial charge < -0.3 is 20.1 Å². The average Bonchev–Trinajstić information content (AvgIpc) is 2.73. The van der Waals surface area contributed by atoms with Gasteiger partial charge in [0, 0.05) is 17.9 Å². The number of amides is 1. The molecule has 0 saturated heterocycles. The van der Waals surface area contributed by atoms with E-state index in [2.05, 4.69) is 10.6 Å². The van der Waals surface area contributed by atoms with Crippen LogP contribution in [-0.2, 0) is 11.3 Å². The molecule has 3 aromatic carbocycles. The van der Waals surface area contributed by atoms with Crippen molar-refractivity contribution in [1.82, 2.24) is 0 Å². The third-order valence-electron chi connectivity index (χ3n) is 4.36. The number of carbonyl (C=O) groups excluding carboxylic acids is 1. The highest BCUT2D eigenvalue weighted by Crippen LogP contribution is 2.26. The summed E-state index contributed by atoms with van der Waals surface area (Å²) in [5.74, 6) is 1.05. The van der Waals surface area contributed by atoms with E-state index < -0.39 is 0 Å². The van der Waals surface area contributed by atoms with E-state index in [1.807, 2.05) is 67.6 Å². The van der Waals surface area contributed by atoms with Crippen LogP contribution in [0.4, 0.5) is 11.4 Å². The third-order valence-corrected chi connectivity index (χ3v) is 4.66. The molecule has 0 atom stereocenters. The first-order valence-corrected chi connectivity index (χ1v) is 9.57. The molecule has 150 valence electrons. The monoisotopic (exact) mass is 410 g/mol. The average molecular weight is 411 g/mol. The van der Waals surface area contributed by atoms with E-state index in [4.69, 9.17) is 21.1 Å². The number of benzene rings is 3. The molecule has 6 heteroatoms. The van der Waals surface area contributed by atoms with Crippen LogP contribution in [0.1, 0.15) is 11.1 Å². The third kappa shape index (κ3) is 5.90. The summed E-state index contributed by atoms with van der Waals surface area (Å²) < 4.78 is 10.7. The van der Waals surface area contributed by atoms with Crippen molar-refractivity contribution in [3.8, 4) is 11.5 Å². The molecule has 5 nitrogen and oxygen atoms in total. The number of nitrogens with one attached hydrogen (secondary N) is 2. The Bertz CT molecular complexity index is 974. The van der Waals surface area contributed by atoms with E-state index in [1.165, 1.54) is 0 Å². The zero-order valence-corrected chi connectivity index (χ0v) is 17.1. The summed E-state index contributed by atoms with van der Waals surface area (Å²) in [6, 6.07) is 20.8. The Hall–Kier alpha value is -3.18. The fourth-order valence-corrected chi connectivity index (χ4v) is 2.98. The molecule has 0 radical (unpaired) electrons. The number of aryl methyl sites for hydroxylation is 1. The van der Waals surface area contributed by atoms with Crippen LogP contribution in [0.25, 0.3) is 0 Å². The van der Waals surface area contributed by atoms with Gasteiger partial charge in [0.15, 0.2) is 6.61 Å². The van der Waals surface area contributed by atoms with Gasteiger partial charge in [-0.05, 0) is 60.5 Å². The SMILES string of the molecule is COc1ccc(NCc2ccc(OCC(=O)Nc3ccccc3C)c(Cl)c2)cc1. The first kappa shape index (κ1) is 20.6. The number of rotatable bonds is 8. The van der Waals surface area contributed by atoms with Gasteiger partial charge in [0.25, 0.3) is 5.91 Å². The largest absolute Gasteiger partial charge is 0.497 e. The van der Waals surface area contributed by atoms with E-state index in [0.717, 1.165) is 28.3 Å². The maximum atomic E-state index is 12.1. The normalized spacial score (nSPS) is 10.3. The number of hydrogen-bond acceptors (Lipinski definition) is 4. The van der Waals surface area contributed by atoms with Crippen molar-refractivity contribution in [3.05, 3.63) is 82.9 Å². The molecular formula is C23H23ClN2O3. The summed E-state index contributed by atoms with van der Waals surface area (Å²) in [6.45, 7) is 2.43. The van der Waals surface area contributed by atoms with E-state index in [-0.39, 0.29) is 12.5 Å². The van der Waals surface area contributed by atoms with Crippen molar-refractivity contribution in [1.29, 1.82) is 0 Å². The lowest BCUT2D eigenvalue weighted by atomic mass is 10.2. The van der Waals surface area contributed by atoms with Crippen LogP contribution in [-0.4, -0.2) is 19.6 Å². The Balaban J connectivity index is 1.52. The van der Waals surface area contributed by atoms with Gasteiger partial charge in [-0.3, -0.25) is 4.79 Å². The molecule has 0 spiro atoms. The molecule has 3 aromatic rings.